The molecule has 1 saturated heterocycles. The largest absolute Gasteiger partial charge is 0.317 e. The Balaban J connectivity index is 2.15. The second kappa shape index (κ2) is 8.34. The van der Waals surface area contributed by atoms with Crippen molar-refractivity contribution < 1.29 is 8.42 Å². The first-order valence-electron chi connectivity index (χ1n) is 6.35. The molecular weight excluding hydrogens is 256 g/mol. The smallest absolute Gasteiger partial charge is 0.214 e. The Morgan fingerprint density at radius 1 is 1.24 bits per heavy atom. The van der Waals surface area contributed by atoms with Gasteiger partial charge in [0.25, 0.3) is 0 Å². The van der Waals surface area contributed by atoms with Crippen LogP contribution in [-0.2, 0) is 10.0 Å². The zero-order chi connectivity index (χ0) is 12.6. The Labute approximate surface area is 109 Å². The Hall–Kier alpha value is 0.220. The number of sulfonamides is 1. The van der Waals surface area contributed by atoms with Crippen molar-refractivity contribution >= 4 is 21.8 Å². The zero-order valence-corrected chi connectivity index (χ0v) is 12.2. The van der Waals surface area contributed by atoms with E-state index in [1.165, 1.54) is 12.2 Å². The summed E-state index contributed by atoms with van der Waals surface area (Å²) in [6.45, 7) is 2.24. The molecular formula is C11H24N2O2S2. The average Bonchev–Trinajstić information content (AvgIpc) is 2.35. The monoisotopic (exact) mass is 280 g/mol. The van der Waals surface area contributed by atoms with Crippen molar-refractivity contribution in [2.45, 2.75) is 37.4 Å². The van der Waals surface area contributed by atoms with E-state index < -0.39 is 10.0 Å². The second-order valence-electron chi connectivity index (χ2n) is 4.44. The molecule has 2 N–H and O–H groups in total. The molecule has 0 amide bonds. The van der Waals surface area contributed by atoms with E-state index in [0.717, 1.165) is 38.8 Å². The third-order valence-corrected chi connectivity index (χ3v) is 5.71. The van der Waals surface area contributed by atoms with Gasteiger partial charge in [0.15, 0.2) is 0 Å². The maximum Gasteiger partial charge on any atom is 0.214 e. The van der Waals surface area contributed by atoms with Gasteiger partial charge in [0.1, 0.15) is 0 Å². The van der Waals surface area contributed by atoms with Gasteiger partial charge in [0.05, 0.1) is 5.25 Å². The van der Waals surface area contributed by atoms with E-state index in [2.05, 4.69) is 16.3 Å². The highest BCUT2D eigenvalue weighted by molar-refractivity contribution is 7.98. The standard InChI is InChI=1S/C11H24N2O2S2/c1-16-10-4-2-3-7-13-17(14,15)11-5-8-12-9-6-11/h11-13H,2-10H2,1H3. The average molecular weight is 280 g/mol. The lowest BCUT2D eigenvalue weighted by Crippen LogP contribution is -2.41. The Morgan fingerprint density at radius 2 is 1.94 bits per heavy atom. The van der Waals surface area contributed by atoms with E-state index >= 15 is 0 Å². The summed E-state index contributed by atoms with van der Waals surface area (Å²) in [6, 6.07) is 0. The zero-order valence-electron chi connectivity index (χ0n) is 10.6. The minimum atomic E-state index is -3.07. The molecule has 0 atom stereocenters. The third kappa shape index (κ3) is 6.08. The van der Waals surface area contributed by atoms with Crippen molar-refractivity contribution in [3.8, 4) is 0 Å². The summed E-state index contributed by atoms with van der Waals surface area (Å²) in [5, 5.41) is 3.00. The predicted octanol–water partition coefficient (Wildman–Crippen LogP) is 1.19. The molecule has 1 rings (SSSR count). The normalized spacial score (nSPS) is 18.4. The fourth-order valence-corrected chi connectivity index (χ4v) is 4.00. The van der Waals surface area contributed by atoms with E-state index in [1.807, 2.05) is 11.8 Å². The topological polar surface area (TPSA) is 58.2 Å². The van der Waals surface area contributed by atoms with Gasteiger partial charge < -0.3 is 5.32 Å². The number of piperidine rings is 1. The highest BCUT2D eigenvalue weighted by atomic mass is 32.2. The fraction of sp³-hybridized carbons (Fsp3) is 1.00. The summed E-state index contributed by atoms with van der Waals surface area (Å²) in [4.78, 5) is 0. The van der Waals surface area contributed by atoms with Gasteiger partial charge >= 0.3 is 0 Å². The van der Waals surface area contributed by atoms with Gasteiger partial charge in [-0.05, 0) is 50.8 Å². The van der Waals surface area contributed by atoms with Gasteiger partial charge in [-0.1, -0.05) is 6.42 Å². The van der Waals surface area contributed by atoms with Gasteiger partial charge in [-0.3, -0.25) is 0 Å². The molecule has 102 valence electrons. The molecule has 1 aliphatic rings. The van der Waals surface area contributed by atoms with Crippen LogP contribution in [-0.4, -0.2) is 45.3 Å². The molecule has 1 aliphatic heterocycles. The number of nitrogens with one attached hydrogen (secondary N) is 2. The maximum absolute atomic E-state index is 11.9. The van der Waals surface area contributed by atoms with Crippen molar-refractivity contribution in [2.24, 2.45) is 0 Å². The molecule has 0 aromatic carbocycles. The predicted molar refractivity (Wildman–Crippen MR) is 75.0 cm³/mol. The van der Waals surface area contributed by atoms with Crippen LogP contribution in [0, 0.1) is 0 Å². The quantitative estimate of drug-likeness (QED) is 0.656. The summed E-state index contributed by atoms with van der Waals surface area (Å²) >= 11 is 1.84. The highest BCUT2D eigenvalue weighted by Gasteiger charge is 2.26. The SMILES string of the molecule is CSCCCCCNS(=O)(=O)C1CCNCC1. The molecule has 0 radical (unpaired) electrons. The van der Waals surface area contributed by atoms with Crippen LogP contribution in [0.5, 0.6) is 0 Å². The first-order chi connectivity index (χ1) is 8.17. The van der Waals surface area contributed by atoms with Gasteiger partial charge in [-0.2, -0.15) is 11.8 Å². The first kappa shape index (κ1) is 15.3. The Morgan fingerprint density at radius 3 is 2.59 bits per heavy atom. The van der Waals surface area contributed by atoms with E-state index in [0.29, 0.717) is 6.54 Å². The molecule has 17 heavy (non-hydrogen) atoms. The summed E-state index contributed by atoms with van der Waals surface area (Å²) in [7, 11) is -3.07. The molecule has 0 bridgehead atoms. The number of thioether (sulfide) groups is 1. The van der Waals surface area contributed by atoms with Crippen molar-refractivity contribution in [2.75, 3.05) is 31.6 Å². The molecule has 0 unspecified atom stereocenters. The van der Waals surface area contributed by atoms with Crippen molar-refractivity contribution in [1.82, 2.24) is 10.0 Å². The molecule has 0 saturated carbocycles. The van der Waals surface area contributed by atoms with E-state index in [1.54, 1.807) is 0 Å². The van der Waals surface area contributed by atoms with E-state index in [4.69, 9.17) is 0 Å². The van der Waals surface area contributed by atoms with Crippen LogP contribution < -0.4 is 10.0 Å². The molecule has 6 heteroatoms. The molecule has 1 heterocycles. The Bertz CT molecular complexity index is 288. The van der Waals surface area contributed by atoms with Crippen LogP contribution in [0.1, 0.15) is 32.1 Å². The first-order valence-corrected chi connectivity index (χ1v) is 9.29. The van der Waals surface area contributed by atoms with Crippen molar-refractivity contribution in [1.29, 1.82) is 0 Å². The van der Waals surface area contributed by atoms with Gasteiger partial charge in [0.2, 0.25) is 10.0 Å². The number of rotatable bonds is 8. The van der Waals surface area contributed by atoms with Crippen LogP contribution in [0.15, 0.2) is 0 Å². The lowest BCUT2D eigenvalue weighted by Gasteiger charge is -2.22. The van der Waals surface area contributed by atoms with Crippen LogP contribution in [0.25, 0.3) is 0 Å². The van der Waals surface area contributed by atoms with Crippen LogP contribution >= 0.6 is 11.8 Å². The van der Waals surface area contributed by atoms with Gasteiger partial charge in [-0.25, -0.2) is 13.1 Å². The molecule has 0 aromatic rings. The van der Waals surface area contributed by atoms with Crippen LogP contribution in [0.2, 0.25) is 0 Å². The minimum absolute atomic E-state index is 0.185. The van der Waals surface area contributed by atoms with Crippen molar-refractivity contribution in [3.05, 3.63) is 0 Å². The number of hydrogen-bond donors (Lipinski definition) is 2. The van der Waals surface area contributed by atoms with Crippen molar-refractivity contribution in [3.63, 3.8) is 0 Å². The number of hydrogen-bond acceptors (Lipinski definition) is 4. The van der Waals surface area contributed by atoms with E-state index in [-0.39, 0.29) is 5.25 Å². The molecule has 4 nitrogen and oxygen atoms in total. The Kier molecular flexibility index (Phi) is 7.50. The third-order valence-electron chi connectivity index (χ3n) is 3.05. The summed E-state index contributed by atoms with van der Waals surface area (Å²) in [6.07, 6.45) is 6.81. The maximum atomic E-state index is 11.9. The lowest BCUT2D eigenvalue weighted by molar-refractivity contribution is 0.488. The summed E-state index contributed by atoms with van der Waals surface area (Å²) in [5.41, 5.74) is 0. The fourth-order valence-electron chi connectivity index (χ4n) is 1.99. The molecule has 0 aliphatic carbocycles. The van der Waals surface area contributed by atoms with Crippen LogP contribution in [0.4, 0.5) is 0 Å². The van der Waals surface area contributed by atoms with Gasteiger partial charge in [-0.15, -0.1) is 0 Å². The summed E-state index contributed by atoms with van der Waals surface area (Å²) < 4.78 is 26.6. The molecule has 1 fully saturated rings. The van der Waals surface area contributed by atoms with Crippen LogP contribution in [0.3, 0.4) is 0 Å². The number of unbranched alkanes of at least 4 members (excludes halogenated alkanes) is 2. The highest BCUT2D eigenvalue weighted by Crippen LogP contribution is 2.12. The molecule has 0 spiro atoms. The lowest BCUT2D eigenvalue weighted by atomic mass is 10.2. The second-order valence-corrected chi connectivity index (χ2v) is 7.47. The molecule has 0 aromatic heterocycles. The van der Waals surface area contributed by atoms with E-state index in [9.17, 15) is 8.42 Å². The van der Waals surface area contributed by atoms with Gasteiger partial charge in [0, 0.05) is 6.54 Å². The minimum Gasteiger partial charge on any atom is -0.317 e. The summed E-state index contributed by atoms with van der Waals surface area (Å²) in [5.74, 6) is 1.17.